The van der Waals surface area contributed by atoms with Gasteiger partial charge in [0.05, 0.1) is 28.6 Å². The number of benzene rings is 1. The molecular weight excluding hydrogens is 412 g/mol. The zero-order valence-electron chi connectivity index (χ0n) is 20.1. The molecule has 0 aliphatic heterocycles. The molecule has 0 unspecified atom stereocenters. The average Bonchev–Trinajstić information content (AvgIpc) is 3.39. The Balaban J connectivity index is 1.78. The van der Waals surface area contributed by atoms with Crippen LogP contribution in [-0.4, -0.2) is 27.6 Å². The quantitative estimate of drug-likeness (QED) is 0.467. The Kier molecular flexibility index (Phi) is 6.72. The van der Waals surface area contributed by atoms with E-state index in [1.54, 1.807) is 12.1 Å². The molecule has 4 rings (SSSR count). The first-order chi connectivity index (χ1) is 15.9. The van der Waals surface area contributed by atoms with Crippen LogP contribution in [0.15, 0.2) is 43.0 Å². The van der Waals surface area contributed by atoms with Gasteiger partial charge in [0.25, 0.3) is 5.91 Å². The Labute approximate surface area is 196 Å². The molecule has 1 amide bonds. The van der Waals surface area contributed by atoms with Crippen LogP contribution in [0.25, 0.3) is 16.7 Å². The Morgan fingerprint density at radius 1 is 1.24 bits per heavy atom. The summed E-state index contributed by atoms with van der Waals surface area (Å²) < 4.78 is 8.36. The second-order valence-corrected chi connectivity index (χ2v) is 9.04. The lowest BCUT2D eigenvalue weighted by Gasteiger charge is -2.19. The molecule has 33 heavy (non-hydrogen) atoms. The van der Waals surface area contributed by atoms with Crippen LogP contribution in [0.5, 0.6) is 5.75 Å². The van der Waals surface area contributed by atoms with Gasteiger partial charge in [-0.1, -0.05) is 44.5 Å². The third-order valence-electron chi connectivity index (χ3n) is 6.19. The van der Waals surface area contributed by atoms with Crippen LogP contribution >= 0.6 is 0 Å². The standard InChI is InChI=1S/C27H34N4O2/c1-6-22-23(30-27(32)19-12-8-7-9-13-19)16-21-25(33-17(2)3)24(31(5)26(21)29-22)18(4)28-20-14-10-11-15-20/h7-9,12-13,16-17,20,28H,4,6,10-11,14-15H2,1-3,5H3,(H,30,32). The van der Waals surface area contributed by atoms with Gasteiger partial charge in [0.15, 0.2) is 5.75 Å². The maximum absolute atomic E-state index is 12.9. The Hall–Kier alpha value is -3.28. The molecule has 2 aromatic heterocycles. The molecule has 0 radical (unpaired) electrons. The number of aromatic nitrogens is 2. The Morgan fingerprint density at radius 3 is 2.58 bits per heavy atom. The predicted octanol–water partition coefficient (Wildman–Crippen LogP) is 5.68. The minimum atomic E-state index is -0.152. The monoisotopic (exact) mass is 446 g/mol. The van der Waals surface area contributed by atoms with Crippen molar-refractivity contribution in [2.24, 2.45) is 7.05 Å². The number of amides is 1. The molecule has 1 saturated carbocycles. The fourth-order valence-corrected chi connectivity index (χ4v) is 4.59. The van der Waals surface area contributed by atoms with E-state index in [9.17, 15) is 4.79 Å². The maximum Gasteiger partial charge on any atom is 0.255 e. The second kappa shape index (κ2) is 9.69. The first-order valence-corrected chi connectivity index (χ1v) is 11.9. The van der Waals surface area contributed by atoms with Crippen molar-refractivity contribution in [2.75, 3.05) is 5.32 Å². The highest BCUT2D eigenvalue weighted by Crippen LogP contribution is 2.38. The second-order valence-electron chi connectivity index (χ2n) is 9.04. The molecule has 0 spiro atoms. The summed E-state index contributed by atoms with van der Waals surface area (Å²) in [6.07, 6.45) is 5.52. The summed E-state index contributed by atoms with van der Waals surface area (Å²) in [5.74, 6) is 0.601. The first kappa shape index (κ1) is 22.9. The molecule has 3 aromatic rings. The number of ether oxygens (including phenoxy) is 1. The number of nitrogens with zero attached hydrogens (tertiary/aromatic N) is 2. The highest BCUT2D eigenvalue weighted by atomic mass is 16.5. The molecule has 0 atom stereocenters. The van der Waals surface area contributed by atoms with Crippen molar-refractivity contribution < 1.29 is 9.53 Å². The van der Waals surface area contributed by atoms with E-state index in [1.807, 2.05) is 52.1 Å². The van der Waals surface area contributed by atoms with Crippen molar-refractivity contribution in [1.29, 1.82) is 0 Å². The van der Waals surface area contributed by atoms with E-state index in [0.29, 0.717) is 23.7 Å². The zero-order valence-corrected chi connectivity index (χ0v) is 20.1. The van der Waals surface area contributed by atoms with Crippen LogP contribution in [-0.2, 0) is 13.5 Å². The number of rotatable bonds is 8. The molecule has 1 aliphatic carbocycles. The van der Waals surface area contributed by atoms with Crippen LogP contribution in [0.1, 0.15) is 68.2 Å². The highest BCUT2D eigenvalue weighted by Gasteiger charge is 2.25. The number of carbonyl (C=O) groups is 1. The van der Waals surface area contributed by atoms with Gasteiger partial charge in [-0.3, -0.25) is 4.79 Å². The summed E-state index contributed by atoms with van der Waals surface area (Å²) in [5.41, 5.74) is 4.74. The van der Waals surface area contributed by atoms with Gasteiger partial charge in [0.2, 0.25) is 0 Å². The van der Waals surface area contributed by atoms with Crippen molar-refractivity contribution in [3.63, 3.8) is 0 Å². The number of aryl methyl sites for hydroxylation is 2. The topological polar surface area (TPSA) is 68.2 Å². The molecule has 2 heterocycles. The smallest absolute Gasteiger partial charge is 0.255 e. The summed E-state index contributed by atoms with van der Waals surface area (Å²) in [4.78, 5) is 17.8. The van der Waals surface area contributed by atoms with E-state index in [-0.39, 0.29) is 12.0 Å². The number of anilines is 1. The van der Waals surface area contributed by atoms with Gasteiger partial charge >= 0.3 is 0 Å². The summed E-state index contributed by atoms with van der Waals surface area (Å²) in [6, 6.07) is 11.7. The summed E-state index contributed by atoms with van der Waals surface area (Å²) in [7, 11) is 2.00. The van der Waals surface area contributed by atoms with Gasteiger partial charge in [-0.25, -0.2) is 4.98 Å². The first-order valence-electron chi connectivity index (χ1n) is 11.9. The fourth-order valence-electron chi connectivity index (χ4n) is 4.59. The largest absolute Gasteiger partial charge is 0.488 e. The van der Waals surface area contributed by atoms with Gasteiger partial charge in [-0.05, 0) is 51.3 Å². The molecule has 0 saturated heterocycles. The van der Waals surface area contributed by atoms with Gasteiger partial charge in [-0.2, -0.15) is 0 Å². The SMILES string of the molecule is C=C(NC1CCCC1)c1c(OC(C)C)c2cc(NC(=O)c3ccccc3)c(CC)nc2n1C. The number of nitrogens with one attached hydrogen (secondary N) is 2. The summed E-state index contributed by atoms with van der Waals surface area (Å²) in [6.45, 7) is 10.4. The summed E-state index contributed by atoms with van der Waals surface area (Å²) in [5, 5.41) is 7.55. The minimum Gasteiger partial charge on any atom is -0.488 e. The highest BCUT2D eigenvalue weighted by molar-refractivity contribution is 6.06. The lowest BCUT2D eigenvalue weighted by atomic mass is 10.1. The van der Waals surface area contributed by atoms with Crippen LogP contribution < -0.4 is 15.4 Å². The van der Waals surface area contributed by atoms with Crippen molar-refractivity contribution in [1.82, 2.24) is 14.9 Å². The number of carbonyl (C=O) groups excluding carboxylic acids is 1. The number of hydrogen-bond donors (Lipinski definition) is 2. The number of hydrogen-bond acceptors (Lipinski definition) is 4. The fraction of sp³-hybridized carbons (Fsp3) is 0.407. The molecule has 1 fully saturated rings. The van der Waals surface area contributed by atoms with Crippen molar-refractivity contribution in [2.45, 2.75) is 65.0 Å². The van der Waals surface area contributed by atoms with Crippen LogP contribution in [0.4, 0.5) is 5.69 Å². The molecule has 174 valence electrons. The van der Waals surface area contributed by atoms with Crippen molar-refractivity contribution >= 4 is 28.3 Å². The normalized spacial score (nSPS) is 14.1. The van der Waals surface area contributed by atoms with E-state index in [0.717, 1.165) is 46.7 Å². The predicted molar refractivity (Wildman–Crippen MR) is 135 cm³/mol. The molecule has 1 aromatic carbocycles. The van der Waals surface area contributed by atoms with E-state index >= 15 is 0 Å². The zero-order chi connectivity index (χ0) is 23.5. The number of fused-ring (bicyclic) bond motifs is 1. The van der Waals surface area contributed by atoms with Crippen molar-refractivity contribution in [3.05, 3.63) is 59.9 Å². The molecule has 6 nitrogen and oxygen atoms in total. The van der Waals surface area contributed by atoms with E-state index in [1.165, 1.54) is 12.8 Å². The minimum absolute atomic E-state index is 0.0122. The summed E-state index contributed by atoms with van der Waals surface area (Å²) >= 11 is 0. The van der Waals surface area contributed by atoms with Gasteiger partial charge in [-0.15, -0.1) is 0 Å². The Morgan fingerprint density at radius 2 is 1.94 bits per heavy atom. The third kappa shape index (κ3) is 4.75. The van der Waals surface area contributed by atoms with Crippen LogP contribution in [0.3, 0.4) is 0 Å². The van der Waals surface area contributed by atoms with E-state index in [4.69, 9.17) is 9.72 Å². The van der Waals surface area contributed by atoms with Crippen LogP contribution in [0.2, 0.25) is 0 Å². The Bertz CT molecular complexity index is 1160. The van der Waals surface area contributed by atoms with Gasteiger partial charge < -0.3 is 19.9 Å². The molecule has 1 aliphatic rings. The average molecular weight is 447 g/mol. The molecule has 6 heteroatoms. The third-order valence-corrected chi connectivity index (χ3v) is 6.19. The van der Waals surface area contributed by atoms with Gasteiger partial charge in [0, 0.05) is 18.7 Å². The van der Waals surface area contributed by atoms with E-state index < -0.39 is 0 Å². The van der Waals surface area contributed by atoms with E-state index in [2.05, 4.69) is 21.8 Å². The lowest BCUT2D eigenvalue weighted by molar-refractivity contribution is 0.102. The molecule has 2 N–H and O–H groups in total. The maximum atomic E-state index is 12.9. The van der Waals surface area contributed by atoms with Crippen molar-refractivity contribution in [3.8, 4) is 5.75 Å². The lowest BCUT2D eigenvalue weighted by Crippen LogP contribution is -2.25. The van der Waals surface area contributed by atoms with Crippen LogP contribution in [0, 0.1) is 0 Å². The molecular formula is C27H34N4O2. The number of pyridine rings is 1. The van der Waals surface area contributed by atoms with Gasteiger partial charge in [0.1, 0.15) is 11.3 Å². The molecule has 0 bridgehead atoms.